The van der Waals surface area contributed by atoms with Crippen LogP contribution >= 0.6 is 11.3 Å². The van der Waals surface area contributed by atoms with Gasteiger partial charge < -0.3 is 15.1 Å². The second kappa shape index (κ2) is 9.43. The normalized spacial score (nSPS) is 19.7. The SMILES string of the molecule is O=C(NCc1ccccc1)C1CCN(C(=O)[C@@H]2CCCN2C(=O)c2cccs2)CC1. The number of nitrogens with zero attached hydrogens (tertiary/aromatic N) is 2. The molecule has 3 heterocycles. The zero-order chi connectivity index (χ0) is 20.9. The molecule has 0 aliphatic carbocycles. The Morgan fingerprint density at radius 1 is 0.967 bits per heavy atom. The molecule has 0 spiro atoms. The van der Waals surface area contributed by atoms with Crippen molar-refractivity contribution < 1.29 is 14.4 Å². The Bertz CT molecular complexity index is 876. The predicted octanol–water partition coefficient (Wildman–Crippen LogP) is 2.91. The molecule has 1 N–H and O–H groups in total. The highest BCUT2D eigenvalue weighted by molar-refractivity contribution is 7.12. The van der Waals surface area contributed by atoms with Crippen LogP contribution in [0.5, 0.6) is 0 Å². The molecule has 2 saturated heterocycles. The van der Waals surface area contributed by atoms with Crippen LogP contribution in [0.1, 0.15) is 40.9 Å². The van der Waals surface area contributed by atoms with Gasteiger partial charge in [0.25, 0.3) is 5.91 Å². The van der Waals surface area contributed by atoms with Crippen LogP contribution in [0.25, 0.3) is 0 Å². The number of benzene rings is 1. The van der Waals surface area contributed by atoms with Crippen LogP contribution in [0.4, 0.5) is 0 Å². The van der Waals surface area contributed by atoms with Gasteiger partial charge in [-0.3, -0.25) is 14.4 Å². The number of carbonyl (C=O) groups excluding carboxylic acids is 3. The van der Waals surface area contributed by atoms with Crippen LogP contribution in [0, 0.1) is 5.92 Å². The van der Waals surface area contributed by atoms with Crippen LogP contribution in [0.3, 0.4) is 0 Å². The predicted molar refractivity (Wildman–Crippen MR) is 116 cm³/mol. The first kappa shape index (κ1) is 20.6. The van der Waals surface area contributed by atoms with Gasteiger partial charge in [0, 0.05) is 32.1 Å². The molecule has 6 nitrogen and oxygen atoms in total. The lowest BCUT2D eigenvalue weighted by Gasteiger charge is -2.35. The minimum Gasteiger partial charge on any atom is -0.352 e. The highest BCUT2D eigenvalue weighted by Gasteiger charge is 2.38. The van der Waals surface area contributed by atoms with Crippen LogP contribution in [0.15, 0.2) is 47.8 Å². The molecular weight excluding hydrogens is 398 g/mol. The van der Waals surface area contributed by atoms with Crippen molar-refractivity contribution in [2.75, 3.05) is 19.6 Å². The Morgan fingerprint density at radius 2 is 1.73 bits per heavy atom. The number of hydrogen-bond donors (Lipinski definition) is 1. The van der Waals surface area contributed by atoms with Gasteiger partial charge in [-0.25, -0.2) is 0 Å². The fourth-order valence-corrected chi connectivity index (χ4v) is 4.99. The summed E-state index contributed by atoms with van der Waals surface area (Å²) in [5.74, 6) is -0.0249. The molecule has 0 saturated carbocycles. The standard InChI is InChI=1S/C23H27N3O3S/c27-21(24-16-17-6-2-1-3-7-17)18-10-13-25(14-11-18)22(28)19-8-4-12-26(19)23(29)20-9-5-15-30-20/h1-3,5-7,9,15,18-19H,4,8,10-14,16H2,(H,24,27)/t19-/m0/s1. The molecule has 1 aromatic heterocycles. The molecule has 7 heteroatoms. The van der Waals surface area contributed by atoms with Crippen LogP contribution < -0.4 is 5.32 Å². The zero-order valence-corrected chi connectivity index (χ0v) is 17.8. The van der Waals surface area contributed by atoms with Crippen molar-refractivity contribution in [2.24, 2.45) is 5.92 Å². The van der Waals surface area contributed by atoms with Crippen LogP contribution in [-0.2, 0) is 16.1 Å². The molecule has 2 fully saturated rings. The third-order valence-electron chi connectivity index (χ3n) is 6.02. The Balaban J connectivity index is 1.28. The summed E-state index contributed by atoms with van der Waals surface area (Å²) >= 11 is 1.41. The topological polar surface area (TPSA) is 69.7 Å². The number of likely N-dealkylation sites (tertiary alicyclic amines) is 2. The highest BCUT2D eigenvalue weighted by Crippen LogP contribution is 2.26. The number of rotatable bonds is 5. The monoisotopic (exact) mass is 425 g/mol. The van der Waals surface area contributed by atoms with Crippen molar-refractivity contribution in [3.8, 4) is 0 Å². The van der Waals surface area contributed by atoms with E-state index in [-0.39, 0.29) is 29.7 Å². The van der Waals surface area contributed by atoms with Crippen molar-refractivity contribution in [1.29, 1.82) is 0 Å². The van der Waals surface area contributed by atoms with E-state index < -0.39 is 0 Å². The minimum absolute atomic E-state index is 0.0283. The Labute approximate surface area is 180 Å². The number of carbonyl (C=O) groups is 3. The highest BCUT2D eigenvalue weighted by atomic mass is 32.1. The summed E-state index contributed by atoms with van der Waals surface area (Å²) < 4.78 is 0. The second-order valence-electron chi connectivity index (χ2n) is 7.94. The van der Waals surface area contributed by atoms with Gasteiger partial charge in [0.2, 0.25) is 11.8 Å². The molecule has 1 aromatic carbocycles. The molecule has 2 aliphatic rings. The molecule has 4 rings (SSSR count). The van der Waals surface area contributed by atoms with Crippen molar-refractivity contribution in [2.45, 2.75) is 38.3 Å². The third kappa shape index (κ3) is 4.56. The second-order valence-corrected chi connectivity index (χ2v) is 8.88. The number of thiophene rings is 1. The first-order valence-electron chi connectivity index (χ1n) is 10.6. The van der Waals surface area contributed by atoms with E-state index in [1.807, 2.05) is 52.7 Å². The lowest BCUT2D eigenvalue weighted by molar-refractivity contribution is -0.138. The van der Waals surface area contributed by atoms with Gasteiger partial charge in [-0.15, -0.1) is 11.3 Å². The molecule has 3 amide bonds. The maximum Gasteiger partial charge on any atom is 0.264 e. The van der Waals surface area contributed by atoms with Crippen LogP contribution in [-0.4, -0.2) is 53.2 Å². The molecule has 0 radical (unpaired) electrons. The van der Waals surface area contributed by atoms with E-state index in [1.54, 1.807) is 4.90 Å². The smallest absolute Gasteiger partial charge is 0.264 e. The average molecular weight is 426 g/mol. The lowest BCUT2D eigenvalue weighted by atomic mass is 9.95. The van der Waals surface area contributed by atoms with Gasteiger partial charge in [-0.1, -0.05) is 36.4 Å². The Morgan fingerprint density at radius 3 is 2.43 bits per heavy atom. The first-order chi connectivity index (χ1) is 14.6. The van der Waals surface area contributed by atoms with Gasteiger partial charge in [0.15, 0.2) is 0 Å². The van der Waals surface area contributed by atoms with Gasteiger partial charge >= 0.3 is 0 Å². The zero-order valence-electron chi connectivity index (χ0n) is 17.0. The van der Waals surface area contributed by atoms with E-state index in [4.69, 9.17) is 0 Å². The van der Waals surface area contributed by atoms with E-state index in [9.17, 15) is 14.4 Å². The van der Waals surface area contributed by atoms with Crippen molar-refractivity contribution in [3.05, 3.63) is 58.3 Å². The van der Waals surface area contributed by atoms with E-state index in [0.717, 1.165) is 12.0 Å². The number of piperidine rings is 1. The molecule has 0 unspecified atom stereocenters. The molecular formula is C23H27N3O3S. The quantitative estimate of drug-likeness (QED) is 0.801. The summed E-state index contributed by atoms with van der Waals surface area (Å²) in [5.41, 5.74) is 1.08. The summed E-state index contributed by atoms with van der Waals surface area (Å²) in [6.45, 7) is 2.30. The van der Waals surface area contributed by atoms with E-state index in [0.29, 0.717) is 50.3 Å². The van der Waals surface area contributed by atoms with Crippen molar-refractivity contribution in [3.63, 3.8) is 0 Å². The number of nitrogens with one attached hydrogen (secondary N) is 1. The Hall–Kier alpha value is -2.67. The summed E-state index contributed by atoms with van der Waals surface area (Å²) in [6.07, 6.45) is 2.90. The average Bonchev–Trinajstić information content (AvgIpc) is 3.50. The van der Waals surface area contributed by atoms with Crippen LogP contribution in [0.2, 0.25) is 0 Å². The molecule has 30 heavy (non-hydrogen) atoms. The summed E-state index contributed by atoms with van der Waals surface area (Å²) in [7, 11) is 0. The fourth-order valence-electron chi connectivity index (χ4n) is 4.31. The fraction of sp³-hybridized carbons (Fsp3) is 0.435. The Kier molecular flexibility index (Phi) is 6.47. The maximum atomic E-state index is 13.1. The van der Waals surface area contributed by atoms with Gasteiger partial charge in [0.05, 0.1) is 4.88 Å². The summed E-state index contributed by atoms with van der Waals surface area (Å²) in [4.78, 5) is 42.6. The summed E-state index contributed by atoms with van der Waals surface area (Å²) in [5, 5.41) is 4.89. The largest absolute Gasteiger partial charge is 0.352 e. The number of amides is 3. The maximum absolute atomic E-state index is 13.1. The van der Waals surface area contributed by atoms with Crippen molar-refractivity contribution >= 4 is 29.1 Å². The van der Waals surface area contributed by atoms with Gasteiger partial charge in [-0.2, -0.15) is 0 Å². The molecule has 1 atom stereocenters. The van der Waals surface area contributed by atoms with Gasteiger partial charge in [-0.05, 0) is 42.7 Å². The molecule has 158 valence electrons. The van der Waals surface area contributed by atoms with Crippen molar-refractivity contribution in [1.82, 2.24) is 15.1 Å². The molecule has 0 bridgehead atoms. The lowest BCUT2D eigenvalue weighted by Crippen LogP contribution is -2.51. The molecule has 2 aromatic rings. The van der Waals surface area contributed by atoms with E-state index >= 15 is 0 Å². The minimum atomic E-state index is -0.372. The summed E-state index contributed by atoms with van der Waals surface area (Å²) in [6, 6.07) is 13.2. The molecule has 2 aliphatic heterocycles. The number of hydrogen-bond acceptors (Lipinski definition) is 4. The van der Waals surface area contributed by atoms with E-state index in [1.165, 1.54) is 11.3 Å². The third-order valence-corrected chi connectivity index (χ3v) is 6.88. The van der Waals surface area contributed by atoms with E-state index in [2.05, 4.69) is 5.32 Å². The van der Waals surface area contributed by atoms with Gasteiger partial charge in [0.1, 0.15) is 6.04 Å². The first-order valence-corrected chi connectivity index (χ1v) is 11.5.